The van der Waals surface area contributed by atoms with E-state index >= 15 is 0 Å². The second-order valence-corrected chi connectivity index (χ2v) is 7.82. The summed E-state index contributed by atoms with van der Waals surface area (Å²) in [6.07, 6.45) is 1.58. The Balaban J connectivity index is 1.87. The number of hydrogen-bond acceptors (Lipinski definition) is 4. The van der Waals surface area contributed by atoms with E-state index < -0.39 is 11.9 Å². The number of carbonyl (C=O) groups excluding carboxylic acids is 2. The van der Waals surface area contributed by atoms with Crippen molar-refractivity contribution >= 4 is 57.1 Å². The fraction of sp³-hybridized carbons (Fsp3) is 0.200. The Morgan fingerprint density at radius 1 is 1.14 bits per heavy atom. The number of carbonyl (C=O) groups is 2. The molecule has 2 aromatic rings. The zero-order chi connectivity index (χ0) is 21.1. The third-order valence-corrected chi connectivity index (χ3v) is 5.42. The highest BCUT2D eigenvalue weighted by Gasteiger charge is 2.30. The van der Waals surface area contributed by atoms with Crippen molar-refractivity contribution < 1.29 is 19.1 Å². The lowest BCUT2D eigenvalue weighted by atomic mass is 10.1. The van der Waals surface area contributed by atoms with Crippen LogP contribution in [0.1, 0.15) is 18.1 Å². The van der Waals surface area contributed by atoms with Crippen LogP contribution < -0.4 is 14.8 Å². The van der Waals surface area contributed by atoms with Gasteiger partial charge in [-0.1, -0.05) is 29.3 Å². The summed E-state index contributed by atoms with van der Waals surface area (Å²) in [6, 6.07) is 8.32. The van der Waals surface area contributed by atoms with Gasteiger partial charge in [-0.05, 0) is 64.3 Å². The van der Waals surface area contributed by atoms with Crippen LogP contribution in [0, 0.1) is 0 Å². The minimum absolute atomic E-state index is 0.191. The number of ether oxygens (including phenoxy) is 2. The van der Waals surface area contributed by atoms with E-state index in [9.17, 15) is 9.59 Å². The molecule has 0 aliphatic carbocycles. The van der Waals surface area contributed by atoms with Gasteiger partial charge in [-0.3, -0.25) is 9.69 Å². The Kier molecular flexibility index (Phi) is 6.72. The zero-order valence-electron chi connectivity index (χ0n) is 15.6. The van der Waals surface area contributed by atoms with Gasteiger partial charge in [0.25, 0.3) is 5.91 Å². The minimum Gasteiger partial charge on any atom is -0.490 e. The Morgan fingerprint density at radius 2 is 1.90 bits per heavy atom. The predicted octanol–water partition coefficient (Wildman–Crippen LogP) is 5.26. The van der Waals surface area contributed by atoms with Crippen LogP contribution in [0.25, 0.3) is 6.08 Å². The van der Waals surface area contributed by atoms with E-state index in [1.165, 1.54) is 7.05 Å². The van der Waals surface area contributed by atoms with Gasteiger partial charge in [0, 0.05) is 7.05 Å². The number of halogens is 3. The number of hydrogen-bond donors (Lipinski definition) is 1. The standard InChI is InChI=1S/C20H17BrCl2N2O4/c1-3-28-17-9-12(8-16-19(26)25(2)20(27)24-16)6-13(21)18(17)29-10-11-4-5-14(22)15(23)7-11/h4-9H,3,10H2,1-2H3,(H,24,27)/b16-8+. The summed E-state index contributed by atoms with van der Waals surface area (Å²) in [5, 5.41) is 3.46. The zero-order valence-corrected chi connectivity index (χ0v) is 18.7. The van der Waals surface area contributed by atoms with Crippen molar-refractivity contribution in [1.29, 1.82) is 0 Å². The van der Waals surface area contributed by atoms with Crippen LogP contribution in [-0.4, -0.2) is 30.5 Å². The first-order valence-corrected chi connectivity index (χ1v) is 10.2. The van der Waals surface area contributed by atoms with E-state index in [0.29, 0.717) is 38.2 Å². The van der Waals surface area contributed by atoms with Gasteiger partial charge in [0.05, 0.1) is 21.1 Å². The van der Waals surface area contributed by atoms with Crippen LogP contribution in [-0.2, 0) is 11.4 Å². The second-order valence-electron chi connectivity index (χ2n) is 6.15. The molecule has 1 aliphatic rings. The minimum atomic E-state index is -0.466. The molecule has 0 radical (unpaired) electrons. The first-order chi connectivity index (χ1) is 13.8. The van der Waals surface area contributed by atoms with Crippen molar-refractivity contribution in [3.8, 4) is 11.5 Å². The van der Waals surface area contributed by atoms with Gasteiger partial charge in [-0.25, -0.2) is 4.79 Å². The molecule has 29 heavy (non-hydrogen) atoms. The van der Waals surface area contributed by atoms with E-state index in [4.69, 9.17) is 32.7 Å². The smallest absolute Gasteiger partial charge is 0.328 e. The molecule has 3 amide bonds. The molecule has 1 N–H and O–H groups in total. The molecule has 1 heterocycles. The van der Waals surface area contributed by atoms with Crippen LogP contribution in [0.2, 0.25) is 10.0 Å². The second kappa shape index (κ2) is 9.07. The van der Waals surface area contributed by atoms with E-state index in [0.717, 1.165) is 10.5 Å². The number of likely N-dealkylation sites (N-methyl/N-ethyl adjacent to an activating group) is 1. The number of nitrogens with one attached hydrogen (secondary N) is 1. The quantitative estimate of drug-likeness (QED) is 0.435. The monoisotopic (exact) mass is 498 g/mol. The molecule has 1 saturated heterocycles. The third kappa shape index (κ3) is 4.86. The molecule has 3 rings (SSSR count). The van der Waals surface area contributed by atoms with E-state index in [-0.39, 0.29) is 12.3 Å². The number of imide groups is 1. The molecule has 0 unspecified atom stereocenters. The molecular weight excluding hydrogens is 483 g/mol. The lowest BCUT2D eigenvalue weighted by Crippen LogP contribution is -2.25. The summed E-state index contributed by atoms with van der Waals surface area (Å²) in [5.74, 6) is 0.613. The summed E-state index contributed by atoms with van der Waals surface area (Å²) in [5.41, 5.74) is 1.71. The molecule has 152 valence electrons. The highest BCUT2D eigenvalue weighted by atomic mass is 79.9. The van der Waals surface area contributed by atoms with Gasteiger partial charge in [0.1, 0.15) is 12.3 Å². The Labute approximate surface area is 186 Å². The first kappa shape index (κ1) is 21.5. The van der Waals surface area contributed by atoms with Gasteiger partial charge in [-0.2, -0.15) is 0 Å². The fourth-order valence-electron chi connectivity index (χ4n) is 2.65. The summed E-state index contributed by atoms with van der Waals surface area (Å²) in [4.78, 5) is 24.7. The summed E-state index contributed by atoms with van der Waals surface area (Å²) < 4.78 is 12.3. The van der Waals surface area contributed by atoms with Crippen molar-refractivity contribution in [1.82, 2.24) is 10.2 Å². The number of benzene rings is 2. The Hall–Kier alpha value is -2.22. The summed E-state index contributed by atoms with van der Waals surface area (Å²) >= 11 is 15.5. The summed E-state index contributed by atoms with van der Waals surface area (Å²) in [6.45, 7) is 2.54. The lowest BCUT2D eigenvalue weighted by molar-refractivity contribution is -0.121. The van der Waals surface area contributed by atoms with Crippen LogP contribution in [0.3, 0.4) is 0 Å². The molecule has 1 fully saturated rings. The third-order valence-electron chi connectivity index (χ3n) is 4.09. The molecule has 0 saturated carbocycles. The maximum Gasteiger partial charge on any atom is 0.328 e. The maximum atomic E-state index is 12.1. The van der Waals surface area contributed by atoms with E-state index in [1.54, 1.807) is 30.3 Å². The van der Waals surface area contributed by atoms with Gasteiger partial charge in [0.2, 0.25) is 0 Å². The molecule has 9 heteroatoms. The number of urea groups is 1. The van der Waals surface area contributed by atoms with Crippen LogP contribution in [0.15, 0.2) is 40.5 Å². The van der Waals surface area contributed by atoms with Crippen molar-refractivity contribution in [3.63, 3.8) is 0 Å². The summed E-state index contributed by atoms with van der Waals surface area (Å²) in [7, 11) is 1.42. The predicted molar refractivity (Wildman–Crippen MR) is 115 cm³/mol. The first-order valence-electron chi connectivity index (χ1n) is 8.64. The molecule has 2 aromatic carbocycles. The Morgan fingerprint density at radius 3 is 2.52 bits per heavy atom. The van der Waals surface area contributed by atoms with Crippen LogP contribution in [0.4, 0.5) is 4.79 Å². The number of rotatable bonds is 6. The molecule has 0 spiro atoms. The van der Waals surface area contributed by atoms with Gasteiger partial charge < -0.3 is 14.8 Å². The SMILES string of the molecule is CCOc1cc(/C=C2/NC(=O)N(C)C2=O)cc(Br)c1OCc1ccc(Cl)c(Cl)c1. The number of nitrogens with zero attached hydrogens (tertiary/aromatic N) is 1. The highest BCUT2D eigenvalue weighted by Crippen LogP contribution is 2.38. The Bertz CT molecular complexity index is 1010. The van der Waals surface area contributed by atoms with Crippen LogP contribution >= 0.6 is 39.1 Å². The molecule has 0 atom stereocenters. The van der Waals surface area contributed by atoms with Gasteiger partial charge in [-0.15, -0.1) is 0 Å². The van der Waals surface area contributed by atoms with Crippen molar-refractivity contribution in [3.05, 3.63) is 61.7 Å². The van der Waals surface area contributed by atoms with Crippen LogP contribution in [0.5, 0.6) is 11.5 Å². The largest absolute Gasteiger partial charge is 0.490 e. The van der Waals surface area contributed by atoms with Crippen molar-refractivity contribution in [2.45, 2.75) is 13.5 Å². The average molecular weight is 500 g/mol. The normalized spacial score (nSPS) is 15.1. The fourth-order valence-corrected chi connectivity index (χ4v) is 3.54. The topological polar surface area (TPSA) is 67.9 Å². The molecule has 6 nitrogen and oxygen atoms in total. The van der Waals surface area contributed by atoms with Crippen molar-refractivity contribution in [2.24, 2.45) is 0 Å². The molecule has 0 aromatic heterocycles. The molecule has 1 aliphatic heterocycles. The number of amides is 3. The molecule has 0 bridgehead atoms. The highest BCUT2D eigenvalue weighted by molar-refractivity contribution is 9.10. The van der Waals surface area contributed by atoms with E-state index in [2.05, 4.69) is 21.2 Å². The maximum absolute atomic E-state index is 12.1. The van der Waals surface area contributed by atoms with E-state index in [1.807, 2.05) is 13.0 Å². The van der Waals surface area contributed by atoms with Crippen molar-refractivity contribution in [2.75, 3.05) is 13.7 Å². The molecular formula is C20H17BrCl2N2O4. The lowest BCUT2D eigenvalue weighted by Gasteiger charge is -2.15. The average Bonchev–Trinajstić information content (AvgIpc) is 2.91. The van der Waals surface area contributed by atoms with Gasteiger partial charge in [0.15, 0.2) is 11.5 Å². The van der Waals surface area contributed by atoms with Gasteiger partial charge >= 0.3 is 6.03 Å².